The topological polar surface area (TPSA) is 54.5 Å². The molecule has 1 N–H and O–H groups in total. The Morgan fingerprint density at radius 3 is 2.55 bits per heavy atom. The zero-order chi connectivity index (χ0) is 19.9. The first kappa shape index (κ1) is 19.6. The summed E-state index contributed by atoms with van der Waals surface area (Å²) < 4.78 is 5.78. The van der Waals surface area contributed by atoms with E-state index in [4.69, 9.17) is 4.74 Å². The second-order valence-electron chi connectivity index (χ2n) is 7.15. The van der Waals surface area contributed by atoms with Crippen LogP contribution in [-0.4, -0.2) is 35.4 Å². The molecule has 2 aromatic heterocycles. The largest absolute Gasteiger partial charge is 0.489 e. The molecule has 29 heavy (non-hydrogen) atoms. The van der Waals surface area contributed by atoms with Crippen LogP contribution in [0.2, 0.25) is 0 Å². The van der Waals surface area contributed by atoms with Crippen LogP contribution >= 0.6 is 11.3 Å². The van der Waals surface area contributed by atoms with Crippen LogP contribution in [0.5, 0.6) is 5.75 Å². The summed E-state index contributed by atoms with van der Waals surface area (Å²) in [5.41, 5.74) is 1.70. The van der Waals surface area contributed by atoms with Gasteiger partial charge in [-0.15, -0.1) is 11.3 Å². The van der Waals surface area contributed by atoms with Crippen molar-refractivity contribution in [2.75, 3.05) is 19.6 Å². The van der Waals surface area contributed by atoms with Gasteiger partial charge in [0.1, 0.15) is 12.4 Å². The van der Waals surface area contributed by atoms with Crippen molar-refractivity contribution in [2.24, 2.45) is 0 Å². The number of aromatic nitrogens is 1. The van der Waals surface area contributed by atoms with E-state index in [9.17, 15) is 4.79 Å². The highest BCUT2D eigenvalue weighted by atomic mass is 32.1. The van der Waals surface area contributed by atoms with E-state index >= 15 is 0 Å². The van der Waals surface area contributed by atoms with E-state index in [2.05, 4.69) is 32.7 Å². The molecule has 1 fully saturated rings. The van der Waals surface area contributed by atoms with Crippen LogP contribution in [0.25, 0.3) is 0 Å². The zero-order valence-corrected chi connectivity index (χ0v) is 17.1. The molecule has 1 atom stereocenters. The van der Waals surface area contributed by atoms with Crippen molar-refractivity contribution >= 4 is 17.2 Å². The van der Waals surface area contributed by atoms with Gasteiger partial charge in [0.15, 0.2) is 0 Å². The summed E-state index contributed by atoms with van der Waals surface area (Å²) in [5, 5.41) is 5.22. The van der Waals surface area contributed by atoms with Crippen molar-refractivity contribution in [1.82, 2.24) is 15.2 Å². The third-order valence-corrected chi connectivity index (χ3v) is 6.15. The number of ether oxygens (including phenoxy) is 1. The molecule has 5 nitrogen and oxygen atoms in total. The second-order valence-corrected chi connectivity index (χ2v) is 8.13. The molecule has 1 amide bonds. The lowest BCUT2D eigenvalue weighted by atomic mass is 10.1. The van der Waals surface area contributed by atoms with Gasteiger partial charge >= 0.3 is 0 Å². The van der Waals surface area contributed by atoms with Crippen molar-refractivity contribution in [3.05, 3.63) is 82.3 Å². The van der Waals surface area contributed by atoms with Crippen molar-refractivity contribution in [2.45, 2.75) is 25.5 Å². The molecule has 150 valence electrons. The van der Waals surface area contributed by atoms with Crippen molar-refractivity contribution in [3.63, 3.8) is 0 Å². The number of likely N-dealkylation sites (tertiary alicyclic amines) is 1. The second kappa shape index (κ2) is 9.67. The summed E-state index contributed by atoms with van der Waals surface area (Å²) in [6.07, 6.45) is 5.96. The molecular formula is C23H25N3O2S. The minimum absolute atomic E-state index is 0.0496. The Labute approximate surface area is 175 Å². The smallest absolute Gasteiger partial charge is 0.251 e. The first-order chi connectivity index (χ1) is 14.3. The summed E-state index contributed by atoms with van der Waals surface area (Å²) in [5.74, 6) is 0.693. The number of amides is 1. The molecule has 1 saturated heterocycles. The maximum Gasteiger partial charge on any atom is 0.251 e. The summed E-state index contributed by atoms with van der Waals surface area (Å²) in [7, 11) is 0. The van der Waals surface area contributed by atoms with E-state index in [1.54, 1.807) is 23.7 Å². The lowest BCUT2D eigenvalue weighted by Gasteiger charge is -2.27. The van der Waals surface area contributed by atoms with Crippen LogP contribution < -0.4 is 10.1 Å². The van der Waals surface area contributed by atoms with Crippen LogP contribution in [0, 0.1) is 0 Å². The monoisotopic (exact) mass is 407 g/mol. The zero-order valence-electron chi connectivity index (χ0n) is 16.3. The molecule has 0 bridgehead atoms. The number of nitrogens with one attached hydrogen (secondary N) is 1. The fourth-order valence-electron chi connectivity index (χ4n) is 3.58. The van der Waals surface area contributed by atoms with Crippen molar-refractivity contribution < 1.29 is 9.53 Å². The third-order valence-electron chi connectivity index (χ3n) is 5.18. The SMILES string of the molecule is O=C(NC[C@@H](c1cccs1)N1CCCC1)c1ccc(OCc2ccncc2)cc1. The normalized spacial score (nSPS) is 15.2. The molecule has 4 rings (SSSR count). The molecule has 0 spiro atoms. The quantitative estimate of drug-likeness (QED) is 0.605. The molecule has 3 heterocycles. The number of thiophene rings is 1. The summed E-state index contributed by atoms with van der Waals surface area (Å²) in [6, 6.07) is 15.6. The molecule has 1 aromatic carbocycles. The number of pyridine rings is 1. The lowest BCUT2D eigenvalue weighted by Crippen LogP contribution is -2.36. The van der Waals surface area contributed by atoms with Crippen LogP contribution in [0.1, 0.15) is 39.7 Å². The predicted octanol–water partition coefficient (Wildman–Crippen LogP) is 4.29. The molecule has 0 radical (unpaired) electrons. The van der Waals surface area contributed by atoms with Crippen molar-refractivity contribution in [1.29, 1.82) is 0 Å². The number of rotatable bonds is 8. The standard InChI is InChI=1S/C23H25N3O2S/c27-23(25-16-21(22-4-3-15-29-22)26-13-1-2-14-26)19-5-7-20(8-6-19)28-17-18-9-11-24-12-10-18/h3-12,15,21H,1-2,13-14,16-17H2,(H,25,27)/t21-/m0/s1. The van der Waals surface area contributed by atoms with Crippen LogP contribution in [-0.2, 0) is 6.61 Å². The Bertz CT molecular complexity index is 892. The van der Waals surface area contributed by atoms with E-state index in [1.807, 2.05) is 36.4 Å². The number of nitrogens with zero attached hydrogens (tertiary/aromatic N) is 2. The van der Waals surface area contributed by atoms with E-state index in [0.29, 0.717) is 18.7 Å². The summed E-state index contributed by atoms with van der Waals surface area (Å²) in [4.78, 5) is 20.4. The average Bonchev–Trinajstić information content (AvgIpc) is 3.48. The molecule has 0 saturated carbocycles. The van der Waals surface area contributed by atoms with Gasteiger partial charge in [0, 0.05) is 29.4 Å². The minimum Gasteiger partial charge on any atom is -0.489 e. The fourth-order valence-corrected chi connectivity index (χ4v) is 4.44. The van der Waals surface area contributed by atoms with Crippen molar-refractivity contribution in [3.8, 4) is 5.75 Å². The highest BCUT2D eigenvalue weighted by molar-refractivity contribution is 7.10. The van der Waals surface area contributed by atoms with Gasteiger partial charge in [-0.3, -0.25) is 14.7 Å². The summed E-state index contributed by atoms with van der Waals surface area (Å²) in [6.45, 7) is 3.30. The lowest BCUT2D eigenvalue weighted by molar-refractivity contribution is 0.0938. The van der Waals surface area contributed by atoms with Gasteiger partial charge in [-0.1, -0.05) is 6.07 Å². The Kier molecular flexibility index (Phi) is 6.54. The number of carbonyl (C=O) groups is 1. The molecule has 3 aromatic rings. The minimum atomic E-state index is -0.0496. The maximum absolute atomic E-state index is 12.7. The first-order valence-electron chi connectivity index (χ1n) is 9.97. The Morgan fingerprint density at radius 1 is 1.10 bits per heavy atom. The molecular weight excluding hydrogens is 382 g/mol. The number of benzene rings is 1. The van der Waals surface area contributed by atoms with Gasteiger partial charge in [-0.25, -0.2) is 0 Å². The van der Waals surface area contributed by atoms with Gasteiger partial charge in [0.2, 0.25) is 0 Å². The van der Waals surface area contributed by atoms with E-state index in [1.165, 1.54) is 17.7 Å². The molecule has 6 heteroatoms. The van der Waals surface area contributed by atoms with Gasteiger partial charge in [0.05, 0.1) is 6.04 Å². The predicted molar refractivity (Wildman–Crippen MR) is 115 cm³/mol. The van der Waals surface area contributed by atoms with Gasteiger partial charge in [0.25, 0.3) is 5.91 Å². The van der Waals surface area contributed by atoms with Crippen LogP contribution in [0.3, 0.4) is 0 Å². The Morgan fingerprint density at radius 2 is 1.86 bits per heavy atom. The Hall–Kier alpha value is -2.70. The highest BCUT2D eigenvalue weighted by Crippen LogP contribution is 2.28. The Balaban J connectivity index is 1.33. The van der Waals surface area contributed by atoms with Crippen LogP contribution in [0.4, 0.5) is 0 Å². The van der Waals surface area contributed by atoms with E-state index < -0.39 is 0 Å². The summed E-state index contributed by atoms with van der Waals surface area (Å²) >= 11 is 1.76. The molecule has 0 unspecified atom stereocenters. The molecule has 0 aliphatic carbocycles. The average molecular weight is 408 g/mol. The fraction of sp³-hybridized carbons (Fsp3) is 0.304. The molecule has 1 aliphatic heterocycles. The third kappa shape index (κ3) is 5.22. The maximum atomic E-state index is 12.7. The van der Waals surface area contributed by atoms with E-state index in [0.717, 1.165) is 24.4 Å². The van der Waals surface area contributed by atoms with Gasteiger partial charge in [-0.05, 0) is 79.3 Å². The van der Waals surface area contributed by atoms with Gasteiger partial charge in [-0.2, -0.15) is 0 Å². The number of hydrogen-bond acceptors (Lipinski definition) is 5. The van der Waals surface area contributed by atoms with Crippen LogP contribution in [0.15, 0.2) is 66.3 Å². The number of hydrogen-bond donors (Lipinski definition) is 1. The first-order valence-corrected chi connectivity index (χ1v) is 10.8. The highest BCUT2D eigenvalue weighted by Gasteiger charge is 2.24. The van der Waals surface area contributed by atoms with Gasteiger partial charge < -0.3 is 10.1 Å². The molecule has 1 aliphatic rings. The number of carbonyl (C=O) groups excluding carboxylic acids is 1. The van der Waals surface area contributed by atoms with E-state index in [-0.39, 0.29) is 11.9 Å².